The molecule has 1 aliphatic heterocycles. The molecule has 4 rings (SSSR count). The van der Waals surface area contributed by atoms with E-state index >= 15 is 0 Å². The van der Waals surface area contributed by atoms with Crippen LogP contribution in [0.25, 0.3) is 0 Å². The number of anilines is 2. The van der Waals surface area contributed by atoms with Gasteiger partial charge in [-0.3, -0.25) is 4.79 Å². The van der Waals surface area contributed by atoms with Crippen molar-refractivity contribution in [3.8, 4) is 5.75 Å². The molecule has 0 radical (unpaired) electrons. The molecule has 1 fully saturated rings. The molecule has 1 unspecified atom stereocenters. The Hall–Kier alpha value is -3.79. The molecule has 1 heterocycles. The number of nitrogens with one attached hydrogen (secondary N) is 1. The summed E-state index contributed by atoms with van der Waals surface area (Å²) in [6.07, 6.45) is 1.04. The number of amidine groups is 1. The van der Waals surface area contributed by atoms with Crippen LogP contribution in [0.4, 0.5) is 17.1 Å². The number of aliphatic imine (C=N–C) groups is 1. The predicted octanol–water partition coefficient (Wildman–Crippen LogP) is 5.88. The van der Waals surface area contributed by atoms with E-state index in [4.69, 9.17) is 14.5 Å². The quantitative estimate of drug-likeness (QED) is 0.210. The Morgan fingerprint density at radius 3 is 2.55 bits per heavy atom. The van der Waals surface area contributed by atoms with Crippen LogP contribution in [0, 0.1) is 0 Å². The Bertz CT molecular complexity index is 1350. The highest BCUT2D eigenvalue weighted by atomic mass is 32.2. The summed E-state index contributed by atoms with van der Waals surface area (Å²) < 4.78 is 10.7. The largest absolute Gasteiger partial charge is 0.491 e. The lowest BCUT2D eigenvalue weighted by atomic mass is 10.1. The van der Waals surface area contributed by atoms with Gasteiger partial charge in [-0.15, -0.1) is 0 Å². The summed E-state index contributed by atoms with van der Waals surface area (Å²) in [7, 11) is 3.59. The number of nitrogens with zero attached hydrogens (tertiary/aromatic N) is 3. The Morgan fingerprint density at radius 2 is 1.88 bits per heavy atom. The van der Waals surface area contributed by atoms with E-state index < -0.39 is 6.23 Å². The van der Waals surface area contributed by atoms with E-state index in [1.54, 1.807) is 26.2 Å². The molecule has 0 amide bonds. The molecule has 9 heteroatoms. The number of aliphatic hydroxyl groups is 1. The van der Waals surface area contributed by atoms with E-state index in [9.17, 15) is 9.90 Å². The molecule has 2 N–H and O–H groups in total. The number of ether oxygens (including phenoxy) is 2. The van der Waals surface area contributed by atoms with Gasteiger partial charge in [-0.05, 0) is 61.9 Å². The Labute approximate surface area is 240 Å². The van der Waals surface area contributed by atoms with Crippen molar-refractivity contribution in [3.05, 3.63) is 95.0 Å². The molecule has 210 valence electrons. The van der Waals surface area contributed by atoms with Crippen LogP contribution in [0.1, 0.15) is 29.8 Å². The number of hydrogen-bond donors (Lipinski definition) is 2. The minimum absolute atomic E-state index is 0.0259. The molecule has 8 nitrogen and oxygen atoms in total. The Morgan fingerprint density at radius 1 is 1.12 bits per heavy atom. The van der Waals surface area contributed by atoms with Gasteiger partial charge in [-0.1, -0.05) is 42.1 Å². The van der Waals surface area contributed by atoms with E-state index in [0.29, 0.717) is 42.7 Å². The van der Waals surface area contributed by atoms with E-state index in [-0.39, 0.29) is 5.78 Å². The SMILES string of the molecule is CCNc1ccc(C(C)=O)cc1/N=C1\S/C(=C\N(C)c2ccc(OCCOC)cc2)C(O)N1Cc1ccccc1. The zero-order valence-corrected chi connectivity index (χ0v) is 24.1. The van der Waals surface area contributed by atoms with Gasteiger partial charge in [0.15, 0.2) is 17.2 Å². The van der Waals surface area contributed by atoms with Crippen molar-refractivity contribution in [3.63, 3.8) is 0 Å². The molecule has 0 aromatic heterocycles. The van der Waals surface area contributed by atoms with Crippen molar-refractivity contribution in [2.75, 3.05) is 44.1 Å². The number of methoxy groups -OCH3 is 1. The molecule has 0 saturated carbocycles. The third kappa shape index (κ3) is 7.44. The molecule has 1 saturated heterocycles. The number of benzene rings is 3. The van der Waals surface area contributed by atoms with Crippen molar-refractivity contribution in [1.29, 1.82) is 0 Å². The zero-order chi connectivity index (χ0) is 28.5. The van der Waals surface area contributed by atoms with Gasteiger partial charge in [-0.2, -0.15) is 0 Å². The smallest absolute Gasteiger partial charge is 0.171 e. The summed E-state index contributed by atoms with van der Waals surface area (Å²) in [6.45, 7) is 5.77. The molecule has 1 aliphatic rings. The van der Waals surface area contributed by atoms with Gasteiger partial charge in [0.25, 0.3) is 0 Å². The molecular formula is C31H36N4O4S. The first-order chi connectivity index (χ1) is 19.4. The first-order valence-electron chi connectivity index (χ1n) is 13.2. The highest BCUT2D eigenvalue weighted by molar-refractivity contribution is 8.17. The lowest BCUT2D eigenvalue weighted by molar-refractivity contribution is 0.0949. The summed E-state index contributed by atoms with van der Waals surface area (Å²) in [5, 5.41) is 15.4. The Kier molecular flexibility index (Phi) is 10.2. The second kappa shape index (κ2) is 14.0. The van der Waals surface area contributed by atoms with Gasteiger partial charge in [0, 0.05) is 44.7 Å². The highest BCUT2D eigenvalue weighted by Gasteiger charge is 2.34. The van der Waals surface area contributed by atoms with Crippen LogP contribution in [0.15, 0.2) is 88.9 Å². The van der Waals surface area contributed by atoms with Crippen LogP contribution in [0.5, 0.6) is 5.75 Å². The van der Waals surface area contributed by atoms with E-state index in [0.717, 1.165) is 27.6 Å². The normalized spacial score (nSPS) is 16.9. The van der Waals surface area contributed by atoms with Crippen LogP contribution in [-0.4, -0.2) is 61.1 Å². The van der Waals surface area contributed by atoms with Gasteiger partial charge >= 0.3 is 0 Å². The number of Topliss-reactive ketones (excluding diaryl/α,β-unsaturated/α-hetero) is 1. The zero-order valence-electron chi connectivity index (χ0n) is 23.3. The molecule has 0 aliphatic carbocycles. The van der Waals surface area contributed by atoms with E-state index in [1.807, 2.05) is 90.6 Å². The molecular weight excluding hydrogens is 524 g/mol. The lowest BCUT2D eigenvalue weighted by Gasteiger charge is -2.23. The first-order valence-corrected chi connectivity index (χ1v) is 14.0. The maximum atomic E-state index is 12.1. The number of ketones is 1. The third-order valence-corrected chi connectivity index (χ3v) is 7.37. The minimum atomic E-state index is -0.887. The monoisotopic (exact) mass is 560 g/mol. The van der Waals surface area contributed by atoms with Crippen LogP contribution < -0.4 is 15.0 Å². The van der Waals surface area contributed by atoms with E-state index in [2.05, 4.69) is 5.32 Å². The van der Waals surface area contributed by atoms with E-state index in [1.165, 1.54) is 11.8 Å². The topological polar surface area (TPSA) is 86.6 Å². The highest BCUT2D eigenvalue weighted by Crippen LogP contribution is 2.39. The molecule has 3 aromatic carbocycles. The van der Waals surface area contributed by atoms with Crippen molar-refractivity contribution in [2.45, 2.75) is 26.6 Å². The first kappa shape index (κ1) is 29.2. The third-order valence-electron chi connectivity index (χ3n) is 6.31. The lowest BCUT2D eigenvalue weighted by Crippen LogP contribution is -2.33. The van der Waals surface area contributed by atoms with Crippen LogP contribution in [0.3, 0.4) is 0 Å². The van der Waals surface area contributed by atoms with Gasteiger partial charge < -0.3 is 29.7 Å². The number of carbonyl (C=O) groups excluding carboxylic acids is 1. The van der Waals surface area contributed by atoms with Crippen molar-refractivity contribution < 1.29 is 19.4 Å². The number of carbonyl (C=O) groups is 1. The van der Waals surface area contributed by atoms with Crippen molar-refractivity contribution >= 4 is 39.8 Å². The maximum Gasteiger partial charge on any atom is 0.171 e. The van der Waals surface area contributed by atoms with Gasteiger partial charge in [0.1, 0.15) is 12.4 Å². The second-order valence-electron chi connectivity index (χ2n) is 9.28. The average molecular weight is 561 g/mol. The summed E-state index contributed by atoms with van der Waals surface area (Å²) >= 11 is 1.42. The summed E-state index contributed by atoms with van der Waals surface area (Å²) in [4.78, 5) is 21.7. The summed E-state index contributed by atoms with van der Waals surface area (Å²) in [6, 6.07) is 23.2. The van der Waals surface area contributed by atoms with Crippen molar-refractivity contribution in [2.24, 2.45) is 4.99 Å². The van der Waals surface area contributed by atoms with Gasteiger partial charge in [-0.25, -0.2) is 4.99 Å². The average Bonchev–Trinajstić information content (AvgIpc) is 3.23. The molecule has 3 aromatic rings. The van der Waals surface area contributed by atoms with Crippen LogP contribution in [-0.2, 0) is 11.3 Å². The second-order valence-corrected chi connectivity index (χ2v) is 10.3. The van der Waals surface area contributed by atoms with Crippen LogP contribution >= 0.6 is 11.8 Å². The summed E-state index contributed by atoms with van der Waals surface area (Å²) in [5.74, 6) is 0.743. The molecule has 1 atom stereocenters. The fourth-order valence-corrected chi connectivity index (χ4v) is 5.24. The summed E-state index contributed by atoms with van der Waals surface area (Å²) in [5.41, 5.74) is 4.07. The molecule has 0 bridgehead atoms. The van der Waals surface area contributed by atoms with Gasteiger partial charge in [0.2, 0.25) is 0 Å². The number of aliphatic hydroxyl groups excluding tert-OH is 1. The maximum absolute atomic E-state index is 12.1. The molecule has 0 spiro atoms. The number of thioether (sulfide) groups is 1. The number of hydrogen-bond acceptors (Lipinski definition) is 8. The van der Waals surface area contributed by atoms with Crippen molar-refractivity contribution in [1.82, 2.24) is 4.90 Å². The van der Waals surface area contributed by atoms with Gasteiger partial charge in [0.05, 0.1) is 22.9 Å². The predicted molar refractivity (Wildman–Crippen MR) is 164 cm³/mol. The Balaban J connectivity index is 1.65. The fourth-order valence-electron chi connectivity index (χ4n) is 4.16. The fraction of sp³-hybridized carbons (Fsp3) is 0.290. The molecule has 40 heavy (non-hydrogen) atoms. The number of rotatable bonds is 12. The standard InChI is InChI=1S/C31H36N4O4S/c1-5-32-27-16-11-24(22(2)36)19-28(27)33-31-35(20-23-9-7-6-8-10-23)30(37)29(40-31)21-34(3)25-12-14-26(15-13-25)39-18-17-38-4/h6-16,19,21,30,32,37H,5,17-18,20H2,1-4H3/b29-21-,33-31-. The van der Waals surface area contributed by atoms with Crippen LogP contribution in [0.2, 0.25) is 0 Å². The minimum Gasteiger partial charge on any atom is -0.491 e.